The normalized spacial score (nSPS) is 11.3. The maximum absolute atomic E-state index is 11.2. The largest absolute Gasteiger partial charge is 0.463 e. The summed E-state index contributed by atoms with van der Waals surface area (Å²) in [5.41, 5.74) is -0.512. The molecule has 0 radical (unpaired) electrons. The minimum absolute atomic E-state index is 0. The number of methoxy groups -OCH3 is 2. The molecular weight excluding hydrogens is 817 g/mol. The van der Waals surface area contributed by atoms with Crippen LogP contribution in [0, 0.1) is 0 Å². The molecule has 5 aromatic heterocycles. The van der Waals surface area contributed by atoms with Crippen molar-refractivity contribution in [2.24, 2.45) is 7.05 Å². The first-order valence-corrected chi connectivity index (χ1v) is 19.4. The minimum Gasteiger partial charge on any atom is -0.463 e. The van der Waals surface area contributed by atoms with Crippen molar-refractivity contribution in [3.63, 3.8) is 0 Å². The molecule has 23 nitrogen and oxygen atoms in total. The smallest absolute Gasteiger partial charge is 0.377 e. The number of carbonyl (C=O) groups is 4. The third-order valence-corrected chi connectivity index (χ3v) is 7.72. The lowest BCUT2D eigenvalue weighted by Gasteiger charge is -2.16. The van der Waals surface area contributed by atoms with Gasteiger partial charge in [0.2, 0.25) is 17.5 Å². The summed E-state index contributed by atoms with van der Waals surface area (Å²) in [6, 6.07) is 0. The molecule has 0 unspecified atom stereocenters. The van der Waals surface area contributed by atoms with Gasteiger partial charge >= 0.3 is 23.7 Å². The first-order chi connectivity index (χ1) is 28.3. The van der Waals surface area contributed by atoms with Crippen molar-refractivity contribution in [1.82, 2.24) is 81.1 Å². The molecule has 0 atom stereocenters. The van der Waals surface area contributed by atoms with Crippen LogP contribution in [0.4, 0.5) is 0 Å². The van der Waals surface area contributed by atoms with Gasteiger partial charge in [-0.05, 0) is 0 Å². The number of amides is 2. The Kier molecular flexibility index (Phi) is 20.8. The van der Waals surface area contributed by atoms with E-state index >= 15 is 0 Å². The highest BCUT2D eigenvalue weighted by molar-refractivity contribution is 5.90. The second-order valence-electron chi connectivity index (χ2n) is 18.6. The van der Waals surface area contributed by atoms with Crippen LogP contribution in [-0.4, -0.2) is 123 Å². The molecular formula is C40H70N16O7. The van der Waals surface area contributed by atoms with Crippen LogP contribution in [0.1, 0.15) is 183 Å². The van der Waals surface area contributed by atoms with E-state index in [2.05, 4.69) is 107 Å². The summed E-state index contributed by atoms with van der Waals surface area (Å²) < 4.78 is 15.9. The Morgan fingerprint density at radius 3 is 1.41 bits per heavy atom. The molecule has 5 rings (SSSR count). The van der Waals surface area contributed by atoms with Crippen molar-refractivity contribution in [3.05, 3.63) is 58.9 Å². The van der Waals surface area contributed by atoms with Crippen LogP contribution >= 0.6 is 0 Å². The van der Waals surface area contributed by atoms with E-state index in [0.29, 0.717) is 17.5 Å². The number of nitrogens with zero attached hydrogens (tertiary/aromatic N) is 11. The number of nitrogens with one attached hydrogen (secondary N) is 5. The zero-order chi connectivity index (χ0) is 48.0. The fourth-order valence-corrected chi connectivity index (χ4v) is 4.13. The second-order valence-corrected chi connectivity index (χ2v) is 18.6. The Bertz CT molecular complexity index is 2010. The zero-order valence-electron chi connectivity index (χ0n) is 39.9. The molecule has 0 aliphatic carbocycles. The zero-order valence-corrected chi connectivity index (χ0v) is 39.9. The quantitative estimate of drug-likeness (QED) is 0.153. The summed E-state index contributed by atoms with van der Waals surface area (Å²) >= 11 is 0. The molecule has 23 heteroatoms. The highest BCUT2D eigenvalue weighted by Crippen LogP contribution is 2.22. The van der Waals surface area contributed by atoms with Crippen LogP contribution < -0.4 is 10.6 Å². The molecule has 5 heterocycles. The molecule has 0 saturated heterocycles. The number of aromatic amines is 3. The predicted molar refractivity (Wildman–Crippen MR) is 234 cm³/mol. The Labute approximate surface area is 369 Å². The van der Waals surface area contributed by atoms with Gasteiger partial charge in [0.05, 0.1) is 14.2 Å². The van der Waals surface area contributed by atoms with E-state index in [0.717, 1.165) is 11.6 Å². The average molecular weight is 887 g/mol. The summed E-state index contributed by atoms with van der Waals surface area (Å²) in [5.74, 6) is 2.44. The Morgan fingerprint density at radius 1 is 0.603 bits per heavy atom. The monoisotopic (exact) mass is 887 g/mol. The summed E-state index contributed by atoms with van der Waals surface area (Å²) in [6.45, 7) is 30.1. The number of H-pyrrole nitrogens is 3. The number of ether oxygens (including phenoxy) is 2. The lowest BCUT2D eigenvalue weighted by Crippen LogP contribution is -2.20. The summed E-state index contributed by atoms with van der Waals surface area (Å²) in [7, 11) is 7.45. The van der Waals surface area contributed by atoms with E-state index in [-0.39, 0.29) is 69.7 Å². The van der Waals surface area contributed by atoms with Crippen molar-refractivity contribution in [2.75, 3.05) is 28.3 Å². The molecule has 0 saturated carbocycles. The second kappa shape index (κ2) is 23.1. The Hall–Kier alpha value is -6.42. The highest BCUT2D eigenvalue weighted by Gasteiger charge is 2.26. The van der Waals surface area contributed by atoms with Crippen molar-refractivity contribution < 1.29 is 33.1 Å². The maximum Gasteiger partial charge on any atom is 0.377 e. The van der Waals surface area contributed by atoms with Gasteiger partial charge < -0.3 is 29.1 Å². The maximum atomic E-state index is 11.2. The third kappa shape index (κ3) is 17.8. The third-order valence-electron chi connectivity index (χ3n) is 7.72. The lowest BCUT2D eigenvalue weighted by molar-refractivity contribution is 0.0575. The van der Waals surface area contributed by atoms with Crippen LogP contribution in [-0.2, 0) is 43.6 Å². The molecule has 0 spiro atoms. The van der Waals surface area contributed by atoms with Gasteiger partial charge in [0.15, 0.2) is 0 Å². The molecule has 5 aromatic rings. The average Bonchev–Trinajstić information content (AvgIpc) is 4.02. The van der Waals surface area contributed by atoms with Gasteiger partial charge in [0, 0.05) is 48.2 Å². The molecule has 0 bridgehead atoms. The predicted octanol–water partition coefficient (Wildman–Crippen LogP) is 4.71. The highest BCUT2D eigenvalue weighted by atomic mass is 16.5. The van der Waals surface area contributed by atoms with Gasteiger partial charge in [-0.25, -0.2) is 24.5 Å². The van der Waals surface area contributed by atoms with Crippen molar-refractivity contribution in [1.29, 1.82) is 0 Å². The summed E-state index contributed by atoms with van der Waals surface area (Å²) in [5, 5.41) is 39.6. The van der Waals surface area contributed by atoms with Crippen LogP contribution in [0.25, 0.3) is 0 Å². The van der Waals surface area contributed by atoms with E-state index in [4.69, 9.17) is 4.42 Å². The molecule has 5 N–H and O–H groups in total. The fourth-order valence-electron chi connectivity index (χ4n) is 4.13. The Balaban J connectivity index is 0.000000764. The van der Waals surface area contributed by atoms with Crippen molar-refractivity contribution in [2.45, 2.75) is 138 Å². The SMILES string of the molecule is C.CC(C)(C)c1ncn[nH]1.CNC(=O)c1n[nH]c(C(C)(C)C)n1.CNC(=O)c1nnc(C(C)(C)C)o1.COC(=O)c1n[nH]c(C(C)(C)C)n1.COC(=O)c1nnc(C(C)(C)C)n1C. The number of rotatable bonds is 4. The molecule has 0 aliphatic rings. The van der Waals surface area contributed by atoms with E-state index in [1.54, 1.807) is 18.7 Å². The number of hydrogen-bond donors (Lipinski definition) is 5. The number of carbonyl (C=O) groups excluding carboxylic acids is 4. The van der Waals surface area contributed by atoms with Crippen LogP contribution in [0.5, 0.6) is 0 Å². The lowest BCUT2D eigenvalue weighted by atomic mass is 9.96. The fraction of sp³-hybridized carbons (Fsp3) is 0.650. The first-order valence-electron chi connectivity index (χ1n) is 19.4. The number of aromatic nitrogens is 14. The van der Waals surface area contributed by atoms with Gasteiger partial charge in [-0.15, -0.1) is 30.6 Å². The minimum atomic E-state index is -0.522. The topological polar surface area (TPSA) is 305 Å². The van der Waals surface area contributed by atoms with Gasteiger partial charge in [-0.1, -0.05) is 111 Å². The van der Waals surface area contributed by atoms with Crippen molar-refractivity contribution >= 4 is 23.8 Å². The number of hydrogen-bond acceptors (Lipinski definition) is 17. The van der Waals surface area contributed by atoms with Crippen LogP contribution in [0.2, 0.25) is 0 Å². The van der Waals surface area contributed by atoms with E-state index in [9.17, 15) is 19.2 Å². The molecule has 352 valence electrons. The molecule has 0 aliphatic heterocycles. The Morgan fingerprint density at radius 2 is 1.08 bits per heavy atom. The van der Waals surface area contributed by atoms with Gasteiger partial charge in [-0.3, -0.25) is 24.9 Å². The van der Waals surface area contributed by atoms with E-state index < -0.39 is 11.9 Å². The molecule has 2 amide bonds. The van der Waals surface area contributed by atoms with E-state index in [1.165, 1.54) is 27.6 Å². The van der Waals surface area contributed by atoms with Gasteiger partial charge in [0.1, 0.15) is 29.6 Å². The van der Waals surface area contributed by atoms with Crippen LogP contribution in [0.3, 0.4) is 0 Å². The molecule has 0 fully saturated rings. The van der Waals surface area contributed by atoms with Gasteiger partial charge in [0.25, 0.3) is 11.7 Å². The number of esters is 2. The summed E-state index contributed by atoms with van der Waals surface area (Å²) in [4.78, 5) is 56.5. The molecule has 0 aromatic carbocycles. The summed E-state index contributed by atoms with van der Waals surface area (Å²) in [6.07, 6.45) is 1.53. The van der Waals surface area contributed by atoms with Gasteiger partial charge in [-0.2, -0.15) is 5.10 Å². The molecule has 63 heavy (non-hydrogen) atoms. The van der Waals surface area contributed by atoms with Crippen molar-refractivity contribution in [3.8, 4) is 0 Å². The standard InChI is InChI=1S/C9H15N3O2.C8H14N4O.2C8H13N3O2.C6H11N3.CH4/c1-9(2,3)8-11-10-6(12(8)4)7(13)14-5;1-8(2,3)7-10-5(11-12-7)6(13)9-4;1-8(2,3)7-9-5(10-11-7)6(12)13-4;1-8(2,3)7-11-10-6(13-7)5(12)9-4;1-6(2,3)5-7-4-8-9-5;/h1-5H3;1-4H3,(H,9,13)(H,10,11,12);1-4H3,(H,9,10,11);1-4H3,(H,9,12);4H,1-3H3,(H,7,8,9);1H4. The first kappa shape index (κ1) is 56.6. The van der Waals surface area contributed by atoms with E-state index in [1.807, 2.05) is 83.1 Å². The van der Waals surface area contributed by atoms with Crippen LogP contribution in [0.15, 0.2) is 10.7 Å².